The first-order chi connectivity index (χ1) is 8.97. The second kappa shape index (κ2) is 5.66. The molecule has 2 heterocycles. The molecule has 6 nitrogen and oxygen atoms in total. The molecule has 0 saturated carbocycles. The third-order valence-electron chi connectivity index (χ3n) is 3.11. The zero-order valence-electron chi connectivity index (χ0n) is 10.7. The Bertz CT molecular complexity index is 545. The summed E-state index contributed by atoms with van der Waals surface area (Å²) in [7, 11) is -3.19. The maximum absolute atomic E-state index is 12.0. The highest BCUT2D eigenvalue weighted by atomic mass is 32.2. The van der Waals surface area contributed by atoms with Crippen LogP contribution in [-0.2, 0) is 10.0 Å². The summed E-state index contributed by atoms with van der Waals surface area (Å²) in [4.78, 5) is 15.8. The first kappa shape index (κ1) is 14.0. The summed E-state index contributed by atoms with van der Waals surface area (Å²) in [5.41, 5.74) is 0.485. The van der Waals surface area contributed by atoms with E-state index in [1.165, 1.54) is 16.8 Å². The molecule has 0 bridgehead atoms. The van der Waals surface area contributed by atoms with E-state index in [9.17, 15) is 13.2 Å². The molecule has 0 aliphatic carbocycles. The molecule has 2 rings (SSSR count). The van der Waals surface area contributed by atoms with E-state index in [1.54, 1.807) is 18.3 Å². The fourth-order valence-corrected chi connectivity index (χ4v) is 3.04. The second-order valence-electron chi connectivity index (χ2n) is 4.68. The lowest BCUT2D eigenvalue weighted by atomic mass is 10.1. The maximum Gasteiger partial charge on any atom is 0.253 e. The van der Waals surface area contributed by atoms with Crippen molar-refractivity contribution in [3.05, 3.63) is 30.1 Å². The molecule has 1 N–H and O–H groups in total. The van der Waals surface area contributed by atoms with Gasteiger partial charge in [0.1, 0.15) is 0 Å². The Balaban J connectivity index is 1.98. The lowest BCUT2D eigenvalue weighted by molar-refractivity contribution is 0.0921. The van der Waals surface area contributed by atoms with Crippen LogP contribution in [0.15, 0.2) is 24.5 Å². The van der Waals surface area contributed by atoms with Gasteiger partial charge in [0.25, 0.3) is 5.91 Å². The summed E-state index contributed by atoms with van der Waals surface area (Å²) in [6.07, 6.45) is 5.83. The molecule has 1 aliphatic heterocycles. The van der Waals surface area contributed by atoms with E-state index < -0.39 is 10.0 Å². The van der Waals surface area contributed by atoms with E-state index in [0.29, 0.717) is 18.7 Å². The van der Waals surface area contributed by atoms with Crippen LogP contribution < -0.4 is 5.32 Å². The standard InChI is InChI=1S/C12H17N3O3S/c1-19(17,18)15-7-3-5-11(9-15)14-12(16)10-4-2-6-13-8-10/h2,4,6,8,11H,3,5,7,9H2,1H3,(H,14,16). The monoisotopic (exact) mass is 283 g/mol. The summed E-state index contributed by atoms with van der Waals surface area (Å²) in [6.45, 7) is 0.864. The number of piperidine rings is 1. The number of amides is 1. The Morgan fingerprint density at radius 2 is 2.32 bits per heavy atom. The molecule has 0 radical (unpaired) electrons. The number of carbonyl (C=O) groups is 1. The molecule has 0 aromatic carbocycles. The smallest absolute Gasteiger partial charge is 0.253 e. The van der Waals surface area contributed by atoms with Gasteiger partial charge in [-0.2, -0.15) is 0 Å². The molecule has 1 aliphatic rings. The molecule has 104 valence electrons. The van der Waals surface area contributed by atoms with E-state index in [-0.39, 0.29) is 11.9 Å². The number of nitrogens with one attached hydrogen (secondary N) is 1. The van der Waals surface area contributed by atoms with Crippen molar-refractivity contribution in [3.8, 4) is 0 Å². The molecule has 1 atom stereocenters. The Hall–Kier alpha value is -1.47. The van der Waals surface area contributed by atoms with Crippen LogP contribution in [0.3, 0.4) is 0 Å². The van der Waals surface area contributed by atoms with Crippen LogP contribution >= 0.6 is 0 Å². The summed E-state index contributed by atoms with van der Waals surface area (Å²) >= 11 is 0. The van der Waals surface area contributed by atoms with E-state index in [4.69, 9.17) is 0 Å². The van der Waals surface area contributed by atoms with E-state index in [0.717, 1.165) is 12.8 Å². The zero-order chi connectivity index (χ0) is 13.9. The van der Waals surface area contributed by atoms with Crippen LogP contribution in [0.25, 0.3) is 0 Å². The molecule has 1 unspecified atom stereocenters. The van der Waals surface area contributed by atoms with Crippen LogP contribution in [0.1, 0.15) is 23.2 Å². The highest BCUT2D eigenvalue weighted by Gasteiger charge is 2.26. The van der Waals surface area contributed by atoms with Crippen molar-refractivity contribution in [1.29, 1.82) is 0 Å². The van der Waals surface area contributed by atoms with Gasteiger partial charge in [-0.05, 0) is 25.0 Å². The Morgan fingerprint density at radius 1 is 1.53 bits per heavy atom. The molecule has 1 aromatic rings. The maximum atomic E-state index is 12.0. The lowest BCUT2D eigenvalue weighted by Crippen LogP contribution is -2.49. The third-order valence-corrected chi connectivity index (χ3v) is 4.38. The number of pyridine rings is 1. The number of hydrogen-bond donors (Lipinski definition) is 1. The van der Waals surface area contributed by atoms with Crippen molar-refractivity contribution >= 4 is 15.9 Å². The number of rotatable bonds is 3. The van der Waals surface area contributed by atoms with E-state index in [1.807, 2.05) is 0 Å². The topological polar surface area (TPSA) is 79.4 Å². The van der Waals surface area contributed by atoms with Gasteiger partial charge in [-0.25, -0.2) is 12.7 Å². The van der Waals surface area contributed by atoms with E-state index in [2.05, 4.69) is 10.3 Å². The molecule has 1 aromatic heterocycles. The van der Waals surface area contributed by atoms with Gasteiger partial charge < -0.3 is 5.32 Å². The fourth-order valence-electron chi connectivity index (χ4n) is 2.13. The first-order valence-corrected chi connectivity index (χ1v) is 7.97. The minimum atomic E-state index is -3.19. The van der Waals surface area contributed by atoms with Crippen molar-refractivity contribution in [2.45, 2.75) is 18.9 Å². The van der Waals surface area contributed by atoms with Crippen molar-refractivity contribution in [2.24, 2.45) is 0 Å². The van der Waals surface area contributed by atoms with Crippen LogP contribution in [0, 0.1) is 0 Å². The minimum Gasteiger partial charge on any atom is -0.348 e. The highest BCUT2D eigenvalue weighted by molar-refractivity contribution is 7.88. The van der Waals surface area contributed by atoms with Gasteiger partial charge in [-0.15, -0.1) is 0 Å². The normalized spacial score (nSPS) is 21.0. The molecular weight excluding hydrogens is 266 g/mol. The average molecular weight is 283 g/mol. The number of nitrogens with zero attached hydrogens (tertiary/aromatic N) is 2. The SMILES string of the molecule is CS(=O)(=O)N1CCCC(NC(=O)c2cccnc2)C1. The van der Waals surface area contributed by atoms with Crippen LogP contribution in [0.4, 0.5) is 0 Å². The van der Waals surface area contributed by atoms with Gasteiger partial charge in [0, 0.05) is 31.5 Å². The summed E-state index contributed by atoms with van der Waals surface area (Å²) in [6, 6.07) is 3.23. The van der Waals surface area contributed by atoms with Crippen LogP contribution in [0.2, 0.25) is 0 Å². The number of hydrogen-bond acceptors (Lipinski definition) is 4. The van der Waals surface area contributed by atoms with Gasteiger partial charge in [0.15, 0.2) is 0 Å². The van der Waals surface area contributed by atoms with Crippen LogP contribution in [0.5, 0.6) is 0 Å². The molecule has 0 spiro atoms. The van der Waals surface area contributed by atoms with Crippen molar-refractivity contribution in [1.82, 2.24) is 14.6 Å². The predicted molar refractivity (Wildman–Crippen MR) is 71.1 cm³/mol. The van der Waals surface area contributed by atoms with Gasteiger partial charge in [-0.1, -0.05) is 0 Å². The Morgan fingerprint density at radius 3 is 2.95 bits per heavy atom. The molecule has 1 fully saturated rings. The second-order valence-corrected chi connectivity index (χ2v) is 6.66. The largest absolute Gasteiger partial charge is 0.348 e. The Kier molecular flexibility index (Phi) is 4.16. The lowest BCUT2D eigenvalue weighted by Gasteiger charge is -2.31. The summed E-state index contributed by atoms with van der Waals surface area (Å²) < 4.78 is 24.4. The van der Waals surface area contributed by atoms with Crippen molar-refractivity contribution < 1.29 is 13.2 Å². The number of aromatic nitrogens is 1. The molecule has 1 saturated heterocycles. The van der Waals surface area contributed by atoms with Gasteiger partial charge in [0.2, 0.25) is 10.0 Å². The van der Waals surface area contributed by atoms with Crippen molar-refractivity contribution in [3.63, 3.8) is 0 Å². The molecule has 19 heavy (non-hydrogen) atoms. The molecule has 1 amide bonds. The number of carbonyl (C=O) groups excluding carboxylic acids is 1. The summed E-state index contributed by atoms with van der Waals surface area (Å²) in [5, 5.41) is 2.85. The van der Waals surface area contributed by atoms with Crippen LogP contribution in [-0.4, -0.2) is 49.0 Å². The third kappa shape index (κ3) is 3.74. The summed E-state index contributed by atoms with van der Waals surface area (Å²) in [5.74, 6) is -0.214. The molecular formula is C12H17N3O3S. The van der Waals surface area contributed by atoms with Crippen molar-refractivity contribution in [2.75, 3.05) is 19.3 Å². The van der Waals surface area contributed by atoms with Gasteiger partial charge in [0.05, 0.1) is 11.8 Å². The molecule has 7 heteroatoms. The van der Waals surface area contributed by atoms with Gasteiger partial charge >= 0.3 is 0 Å². The van der Waals surface area contributed by atoms with E-state index >= 15 is 0 Å². The first-order valence-electron chi connectivity index (χ1n) is 6.13. The number of sulfonamides is 1. The highest BCUT2D eigenvalue weighted by Crippen LogP contribution is 2.13. The van der Waals surface area contributed by atoms with Gasteiger partial charge in [-0.3, -0.25) is 9.78 Å². The Labute approximate surface area is 112 Å². The zero-order valence-corrected chi connectivity index (χ0v) is 11.6. The minimum absolute atomic E-state index is 0.142. The average Bonchev–Trinajstić information content (AvgIpc) is 2.39. The predicted octanol–water partition coefficient (Wildman–Crippen LogP) is 0.235. The quantitative estimate of drug-likeness (QED) is 0.861. The fraction of sp³-hybridized carbons (Fsp3) is 0.500.